The number of fused-ring (bicyclic) bond motifs is 2. The van der Waals surface area contributed by atoms with Gasteiger partial charge in [-0.15, -0.1) is 0 Å². The Balaban J connectivity index is 1.71. The minimum absolute atomic E-state index is 0.0379. The molecule has 0 atom stereocenters. The highest BCUT2D eigenvalue weighted by molar-refractivity contribution is 5.77. The van der Waals surface area contributed by atoms with Gasteiger partial charge >= 0.3 is 0 Å². The van der Waals surface area contributed by atoms with E-state index in [1.54, 1.807) is 4.90 Å². The largest absolute Gasteiger partial charge is 0.484 e. The summed E-state index contributed by atoms with van der Waals surface area (Å²) in [7, 11) is 0. The first-order chi connectivity index (χ1) is 11.7. The molecule has 0 unspecified atom stereocenters. The van der Waals surface area contributed by atoms with Crippen molar-refractivity contribution in [3.05, 3.63) is 29.3 Å². The van der Waals surface area contributed by atoms with Gasteiger partial charge in [-0.05, 0) is 69.5 Å². The Hall–Kier alpha value is -1.59. The predicted octanol–water partition coefficient (Wildman–Crippen LogP) is 2.09. The van der Waals surface area contributed by atoms with Crippen molar-refractivity contribution in [3.63, 3.8) is 0 Å². The lowest BCUT2D eigenvalue weighted by atomic mass is 9.80. The van der Waals surface area contributed by atoms with E-state index in [0.717, 1.165) is 57.8 Å². The summed E-state index contributed by atoms with van der Waals surface area (Å²) in [5.74, 6) is 0.816. The van der Waals surface area contributed by atoms with Crippen LogP contribution in [-0.2, 0) is 21.6 Å². The second-order valence-corrected chi connectivity index (χ2v) is 6.52. The van der Waals surface area contributed by atoms with Crippen LogP contribution in [0.4, 0.5) is 0 Å². The highest BCUT2D eigenvalue weighted by Gasteiger charge is 2.38. The summed E-state index contributed by atoms with van der Waals surface area (Å²) in [6.45, 7) is 8.26. The van der Waals surface area contributed by atoms with Crippen LogP contribution in [0.15, 0.2) is 18.2 Å². The van der Waals surface area contributed by atoms with Gasteiger partial charge < -0.3 is 19.7 Å². The Kier molecular flexibility index (Phi) is 5.41. The van der Waals surface area contributed by atoms with Gasteiger partial charge in [0.15, 0.2) is 6.61 Å². The van der Waals surface area contributed by atoms with Gasteiger partial charge in [-0.3, -0.25) is 4.79 Å². The minimum Gasteiger partial charge on any atom is -0.484 e. The number of carbonyl (C=O) groups excluding carboxylic acids is 1. The Morgan fingerprint density at radius 1 is 1.29 bits per heavy atom. The van der Waals surface area contributed by atoms with Crippen LogP contribution < -0.4 is 10.1 Å². The van der Waals surface area contributed by atoms with E-state index < -0.39 is 0 Å². The van der Waals surface area contributed by atoms with Crippen molar-refractivity contribution in [1.82, 2.24) is 10.2 Å². The summed E-state index contributed by atoms with van der Waals surface area (Å²) in [4.78, 5) is 13.9. The number of nitrogens with one attached hydrogen (secondary N) is 1. The SMILES string of the molecule is CCN(CC)C(=O)COc1ccc2c(c1)CCOC21CCNCC1. The Morgan fingerprint density at radius 3 is 2.75 bits per heavy atom. The second-order valence-electron chi connectivity index (χ2n) is 6.52. The molecule has 1 aromatic rings. The van der Waals surface area contributed by atoms with Crippen molar-refractivity contribution in [2.24, 2.45) is 0 Å². The predicted molar refractivity (Wildman–Crippen MR) is 93.3 cm³/mol. The van der Waals surface area contributed by atoms with E-state index in [2.05, 4.69) is 17.4 Å². The number of hydrogen-bond donors (Lipinski definition) is 1. The van der Waals surface area contributed by atoms with Gasteiger partial charge in [0.05, 0.1) is 12.2 Å². The van der Waals surface area contributed by atoms with Crippen LogP contribution in [0, 0.1) is 0 Å². The molecule has 1 N–H and O–H groups in total. The molecule has 1 saturated heterocycles. The van der Waals surface area contributed by atoms with Gasteiger partial charge in [-0.25, -0.2) is 0 Å². The smallest absolute Gasteiger partial charge is 0.260 e. The summed E-state index contributed by atoms with van der Waals surface area (Å²) in [6.07, 6.45) is 2.94. The molecule has 1 fully saturated rings. The molecule has 3 rings (SSSR count). The summed E-state index contributed by atoms with van der Waals surface area (Å²) >= 11 is 0. The number of piperidine rings is 1. The maximum absolute atomic E-state index is 12.1. The maximum Gasteiger partial charge on any atom is 0.260 e. The van der Waals surface area contributed by atoms with Crippen LogP contribution in [0.2, 0.25) is 0 Å². The zero-order chi connectivity index (χ0) is 17.0. The number of hydrogen-bond acceptors (Lipinski definition) is 4. The van der Waals surface area contributed by atoms with E-state index in [4.69, 9.17) is 9.47 Å². The molecule has 24 heavy (non-hydrogen) atoms. The molecule has 2 heterocycles. The fourth-order valence-electron chi connectivity index (χ4n) is 3.80. The molecular formula is C19H28N2O3. The van der Waals surface area contributed by atoms with E-state index in [9.17, 15) is 4.79 Å². The maximum atomic E-state index is 12.1. The molecule has 5 heteroatoms. The first-order valence-electron chi connectivity index (χ1n) is 9.07. The highest BCUT2D eigenvalue weighted by atomic mass is 16.5. The molecule has 1 amide bonds. The third-order valence-corrected chi connectivity index (χ3v) is 5.21. The van der Waals surface area contributed by atoms with E-state index in [1.807, 2.05) is 19.9 Å². The lowest BCUT2D eigenvalue weighted by molar-refractivity contribution is -0.132. The molecule has 2 aliphatic heterocycles. The Bertz CT molecular complexity index is 578. The Morgan fingerprint density at radius 2 is 2.04 bits per heavy atom. The third-order valence-electron chi connectivity index (χ3n) is 5.21. The number of benzene rings is 1. The zero-order valence-electron chi connectivity index (χ0n) is 14.8. The van der Waals surface area contributed by atoms with Gasteiger partial charge in [0.25, 0.3) is 5.91 Å². The van der Waals surface area contributed by atoms with Crippen LogP contribution in [0.5, 0.6) is 5.75 Å². The van der Waals surface area contributed by atoms with E-state index in [0.29, 0.717) is 0 Å². The van der Waals surface area contributed by atoms with Crippen LogP contribution >= 0.6 is 0 Å². The van der Waals surface area contributed by atoms with E-state index in [-0.39, 0.29) is 18.1 Å². The van der Waals surface area contributed by atoms with Crippen LogP contribution in [0.1, 0.15) is 37.8 Å². The van der Waals surface area contributed by atoms with E-state index in [1.165, 1.54) is 11.1 Å². The molecule has 5 nitrogen and oxygen atoms in total. The number of likely N-dealkylation sites (N-methyl/N-ethyl adjacent to an activating group) is 1. The van der Waals surface area contributed by atoms with Gasteiger partial charge in [-0.2, -0.15) is 0 Å². The molecular weight excluding hydrogens is 304 g/mol. The second kappa shape index (κ2) is 7.53. The van der Waals surface area contributed by atoms with Crippen molar-refractivity contribution < 1.29 is 14.3 Å². The number of carbonyl (C=O) groups is 1. The Labute approximate surface area is 144 Å². The lowest BCUT2D eigenvalue weighted by Gasteiger charge is -2.42. The molecule has 0 radical (unpaired) electrons. The van der Waals surface area contributed by atoms with Crippen LogP contribution in [0.3, 0.4) is 0 Å². The molecule has 132 valence electrons. The zero-order valence-corrected chi connectivity index (χ0v) is 14.8. The van der Waals surface area contributed by atoms with Crippen LogP contribution in [0.25, 0.3) is 0 Å². The van der Waals surface area contributed by atoms with Crippen molar-refractivity contribution in [3.8, 4) is 5.75 Å². The quantitative estimate of drug-likeness (QED) is 0.897. The molecule has 1 aromatic carbocycles. The summed E-state index contributed by atoms with van der Waals surface area (Å²) in [5, 5.41) is 3.41. The van der Waals surface area contributed by atoms with Gasteiger partial charge in [0.1, 0.15) is 5.75 Å². The fraction of sp³-hybridized carbons (Fsp3) is 0.632. The molecule has 1 spiro atoms. The number of rotatable bonds is 5. The van der Waals surface area contributed by atoms with Crippen LogP contribution in [-0.4, -0.2) is 50.2 Å². The van der Waals surface area contributed by atoms with Gasteiger partial charge in [-0.1, -0.05) is 6.07 Å². The normalized spacial score (nSPS) is 18.9. The number of amides is 1. The summed E-state index contributed by atoms with van der Waals surface area (Å²) in [5.41, 5.74) is 2.47. The number of ether oxygens (including phenoxy) is 2. The van der Waals surface area contributed by atoms with Gasteiger partial charge in [0, 0.05) is 13.1 Å². The van der Waals surface area contributed by atoms with Crippen molar-refractivity contribution in [2.75, 3.05) is 39.4 Å². The average molecular weight is 332 g/mol. The van der Waals surface area contributed by atoms with E-state index >= 15 is 0 Å². The summed E-state index contributed by atoms with van der Waals surface area (Å²) in [6, 6.07) is 6.21. The van der Waals surface area contributed by atoms with Gasteiger partial charge in [0.2, 0.25) is 0 Å². The fourth-order valence-corrected chi connectivity index (χ4v) is 3.80. The van der Waals surface area contributed by atoms with Crippen molar-refractivity contribution in [2.45, 2.75) is 38.7 Å². The number of nitrogens with zero attached hydrogens (tertiary/aromatic N) is 1. The van der Waals surface area contributed by atoms with Crippen molar-refractivity contribution >= 4 is 5.91 Å². The minimum atomic E-state index is -0.131. The van der Waals surface area contributed by atoms with Crippen molar-refractivity contribution in [1.29, 1.82) is 0 Å². The molecule has 0 saturated carbocycles. The first-order valence-corrected chi connectivity index (χ1v) is 9.07. The molecule has 0 bridgehead atoms. The topological polar surface area (TPSA) is 50.8 Å². The third kappa shape index (κ3) is 3.42. The molecule has 0 aliphatic carbocycles. The first kappa shape index (κ1) is 17.2. The molecule has 0 aromatic heterocycles. The molecule has 2 aliphatic rings. The monoisotopic (exact) mass is 332 g/mol. The lowest BCUT2D eigenvalue weighted by Crippen LogP contribution is -2.44. The highest BCUT2D eigenvalue weighted by Crippen LogP contribution is 2.41. The average Bonchev–Trinajstić information content (AvgIpc) is 2.62. The standard InChI is InChI=1S/C19H28N2O3/c1-3-21(4-2)18(22)14-23-16-5-6-17-15(13-16)7-12-24-19(17)8-10-20-11-9-19/h5-6,13,20H,3-4,7-12,14H2,1-2H3. The summed E-state index contributed by atoms with van der Waals surface area (Å²) < 4.78 is 11.9.